The summed E-state index contributed by atoms with van der Waals surface area (Å²) in [5, 5.41) is 4.22. The third-order valence-corrected chi connectivity index (χ3v) is 7.99. The molecule has 0 saturated heterocycles. The molecule has 0 spiro atoms. The summed E-state index contributed by atoms with van der Waals surface area (Å²) in [6.45, 7) is 0.536. The number of rotatable bonds is 3. The standard InChI is InChI=1S/C20H19P.BrH/c1-2-21(18-12-6-3-7-13-18,19-14-8-4-9-15-19)20-16-10-5-11-17-20;/h2-17H,1H3;1H. The van der Waals surface area contributed by atoms with E-state index in [0.717, 1.165) is 0 Å². The average molecular weight is 371 g/mol. The molecule has 0 amide bonds. The van der Waals surface area contributed by atoms with Crippen LogP contribution in [0, 0.1) is 0 Å². The van der Waals surface area contributed by atoms with Crippen LogP contribution in [-0.2, 0) is 0 Å². The maximum atomic E-state index is 2.41. The van der Waals surface area contributed by atoms with E-state index < -0.39 is 6.89 Å². The van der Waals surface area contributed by atoms with Gasteiger partial charge in [-0.3, -0.25) is 0 Å². The lowest BCUT2D eigenvalue weighted by Gasteiger charge is -2.28. The maximum absolute atomic E-state index is 2.41. The predicted octanol–water partition coefficient (Wildman–Crippen LogP) is 4.38. The van der Waals surface area contributed by atoms with Gasteiger partial charge in [0.2, 0.25) is 0 Å². The lowest BCUT2D eigenvalue weighted by atomic mass is 10.4. The third-order valence-electron chi connectivity index (χ3n) is 3.88. The van der Waals surface area contributed by atoms with Gasteiger partial charge in [0, 0.05) is 0 Å². The Morgan fingerprint density at radius 1 is 0.545 bits per heavy atom. The van der Waals surface area contributed by atoms with Gasteiger partial charge in [0.05, 0.1) is 0 Å². The van der Waals surface area contributed by atoms with E-state index >= 15 is 0 Å². The number of hydrogen-bond donors (Lipinski definition) is 0. The summed E-state index contributed by atoms with van der Waals surface area (Å²) in [5.41, 5.74) is 0. The molecule has 112 valence electrons. The smallest absolute Gasteiger partial charge is 0.0163 e. The first-order valence-electron chi connectivity index (χ1n) is 7.24. The van der Waals surface area contributed by atoms with Gasteiger partial charge < -0.3 is 0 Å². The first-order valence-corrected chi connectivity index (χ1v) is 9.10. The van der Waals surface area contributed by atoms with E-state index in [2.05, 4.69) is 104 Å². The van der Waals surface area contributed by atoms with E-state index in [1.165, 1.54) is 15.9 Å². The Bertz CT molecular complexity index is 646. The molecule has 3 aromatic rings. The Kier molecular flexibility index (Phi) is 5.83. The molecule has 3 rings (SSSR count). The molecule has 0 nitrogen and oxygen atoms in total. The highest BCUT2D eigenvalue weighted by Crippen LogP contribution is 2.43. The summed E-state index contributed by atoms with van der Waals surface area (Å²) in [6.07, 6.45) is 0. The fraction of sp³-hybridized carbons (Fsp3) is 0.0500. The summed E-state index contributed by atoms with van der Waals surface area (Å²) in [7, 11) is 0. The second kappa shape index (κ2) is 7.63. The van der Waals surface area contributed by atoms with Gasteiger partial charge in [0.15, 0.2) is 0 Å². The largest absolute Gasteiger partial charge is 0.114 e. The monoisotopic (exact) mass is 370 g/mol. The van der Waals surface area contributed by atoms with Crippen LogP contribution >= 0.6 is 23.9 Å². The van der Waals surface area contributed by atoms with Gasteiger partial charge >= 0.3 is 0 Å². The van der Waals surface area contributed by atoms with E-state index in [-0.39, 0.29) is 17.0 Å². The minimum absolute atomic E-state index is 0. The molecule has 3 aromatic carbocycles. The van der Waals surface area contributed by atoms with E-state index in [1.807, 2.05) is 0 Å². The highest BCUT2D eigenvalue weighted by atomic mass is 79.9. The Morgan fingerprint density at radius 3 is 1.05 bits per heavy atom. The Morgan fingerprint density at radius 2 is 0.818 bits per heavy atom. The van der Waals surface area contributed by atoms with Gasteiger partial charge in [-0.25, -0.2) is 0 Å². The molecule has 0 saturated carbocycles. The van der Waals surface area contributed by atoms with Crippen LogP contribution in [0.15, 0.2) is 91.0 Å². The normalized spacial score (nSPS) is 10.6. The van der Waals surface area contributed by atoms with Gasteiger partial charge in [-0.15, -0.1) is 17.0 Å². The van der Waals surface area contributed by atoms with Crippen LogP contribution in [0.4, 0.5) is 0 Å². The zero-order valence-electron chi connectivity index (χ0n) is 12.6. The van der Waals surface area contributed by atoms with Gasteiger partial charge in [0.1, 0.15) is 0 Å². The van der Waals surface area contributed by atoms with Crippen LogP contribution in [0.3, 0.4) is 0 Å². The van der Waals surface area contributed by atoms with Crippen molar-refractivity contribution in [1.82, 2.24) is 0 Å². The van der Waals surface area contributed by atoms with Gasteiger partial charge in [-0.2, -0.15) is 0 Å². The lowest BCUT2D eigenvalue weighted by Crippen LogP contribution is -2.26. The minimum Gasteiger partial charge on any atom is -0.114 e. The number of hydrogen-bond acceptors (Lipinski definition) is 0. The summed E-state index contributed by atoms with van der Waals surface area (Å²) >= 11 is 0. The number of halogens is 1. The van der Waals surface area contributed by atoms with Crippen molar-refractivity contribution in [2.75, 3.05) is 0 Å². The van der Waals surface area contributed by atoms with Gasteiger partial charge in [-0.1, -0.05) is 96.8 Å². The molecule has 0 aliphatic rings. The van der Waals surface area contributed by atoms with Gasteiger partial charge in [-0.05, 0) is 29.7 Å². The van der Waals surface area contributed by atoms with Crippen molar-refractivity contribution in [1.29, 1.82) is 0 Å². The molecule has 0 N–H and O–H groups in total. The first kappa shape index (κ1) is 16.8. The van der Waals surface area contributed by atoms with Crippen molar-refractivity contribution >= 4 is 45.6 Å². The summed E-state index contributed by atoms with van der Waals surface area (Å²) < 4.78 is 0. The zero-order chi connectivity index (χ0) is 14.5. The predicted molar refractivity (Wildman–Crippen MR) is 107 cm³/mol. The molecule has 0 fully saturated rings. The van der Waals surface area contributed by atoms with E-state index in [4.69, 9.17) is 0 Å². The lowest BCUT2D eigenvalue weighted by molar-refractivity contribution is 1.73. The topological polar surface area (TPSA) is 0 Å². The second-order valence-electron chi connectivity index (χ2n) is 4.99. The SMILES string of the molecule is Br.CC=P(c1ccccc1)(c1ccccc1)c1ccccc1. The quantitative estimate of drug-likeness (QED) is 0.600. The average Bonchev–Trinajstić information content (AvgIpc) is 2.59. The Labute approximate surface area is 143 Å². The van der Waals surface area contributed by atoms with Crippen molar-refractivity contribution in [3.05, 3.63) is 91.0 Å². The molecule has 0 aromatic heterocycles. The number of benzene rings is 3. The molecule has 0 radical (unpaired) electrons. The van der Waals surface area contributed by atoms with Crippen LogP contribution in [0.25, 0.3) is 0 Å². The van der Waals surface area contributed by atoms with Crippen molar-refractivity contribution in [2.45, 2.75) is 6.92 Å². The van der Waals surface area contributed by atoms with Crippen LogP contribution in [0.2, 0.25) is 0 Å². The molecule has 0 heterocycles. The molecule has 0 atom stereocenters. The van der Waals surface area contributed by atoms with Gasteiger partial charge in [0.25, 0.3) is 0 Å². The molecule has 22 heavy (non-hydrogen) atoms. The van der Waals surface area contributed by atoms with E-state index in [9.17, 15) is 0 Å². The molecular formula is C20H20BrP. The summed E-state index contributed by atoms with van der Waals surface area (Å²) in [4.78, 5) is 0. The summed E-state index contributed by atoms with van der Waals surface area (Å²) in [6, 6.07) is 32.6. The molecule has 0 aliphatic carbocycles. The maximum Gasteiger partial charge on any atom is -0.0163 e. The van der Waals surface area contributed by atoms with Crippen LogP contribution in [0.5, 0.6) is 0 Å². The Hall–Kier alpha value is -1.56. The minimum atomic E-state index is -1.66. The molecule has 0 unspecified atom stereocenters. The molecule has 0 aliphatic heterocycles. The first-order chi connectivity index (χ1) is 10.4. The van der Waals surface area contributed by atoms with Crippen LogP contribution in [-0.4, -0.2) is 5.80 Å². The second-order valence-corrected chi connectivity index (χ2v) is 8.50. The molecule has 2 heteroatoms. The van der Waals surface area contributed by atoms with Crippen LogP contribution in [0.1, 0.15) is 6.92 Å². The van der Waals surface area contributed by atoms with E-state index in [1.54, 1.807) is 0 Å². The van der Waals surface area contributed by atoms with Crippen molar-refractivity contribution in [2.24, 2.45) is 0 Å². The highest BCUT2D eigenvalue weighted by molar-refractivity contribution is 8.93. The van der Waals surface area contributed by atoms with Crippen molar-refractivity contribution in [3.63, 3.8) is 0 Å². The van der Waals surface area contributed by atoms with Crippen LogP contribution < -0.4 is 15.9 Å². The Balaban J connectivity index is 0.00000176. The van der Waals surface area contributed by atoms with Crippen molar-refractivity contribution in [3.8, 4) is 0 Å². The molecule has 0 bridgehead atoms. The highest BCUT2D eigenvalue weighted by Gasteiger charge is 2.23. The van der Waals surface area contributed by atoms with E-state index in [0.29, 0.717) is 0 Å². The fourth-order valence-corrected chi connectivity index (χ4v) is 6.60. The zero-order valence-corrected chi connectivity index (χ0v) is 15.2. The molecular weight excluding hydrogens is 351 g/mol. The third kappa shape index (κ3) is 2.97. The fourth-order valence-electron chi connectivity index (χ4n) is 2.88. The van der Waals surface area contributed by atoms with Crippen molar-refractivity contribution < 1.29 is 0 Å². The summed E-state index contributed by atoms with van der Waals surface area (Å²) in [5.74, 6) is 2.41.